The second-order valence-electron chi connectivity index (χ2n) is 3.55. The first-order chi connectivity index (χ1) is 8.29. The average molecular weight is 249 g/mol. The lowest BCUT2D eigenvalue weighted by Gasteiger charge is -2.09. The minimum atomic E-state index is 0.615. The second-order valence-corrected chi connectivity index (χ2v) is 3.99. The summed E-state index contributed by atoms with van der Waals surface area (Å²) in [5.41, 5.74) is 1.02. The Kier molecular flexibility index (Phi) is 3.96. The van der Waals surface area contributed by atoms with Gasteiger partial charge in [-0.15, -0.1) is 0 Å². The van der Waals surface area contributed by atoms with Crippen LogP contribution in [-0.4, -0.2) is 12.0 Å². The molecule has 0 aliphatic heterocycles. The van der Waals surface area contributed by atoms with Crippen molar-refractivity contribution in [1.29, 1.82) is 0 Å². The largest absolute Gasteiger partial charge is 0.439 e. The van der Waals surface area contributed by atoms with E-state index < -0.39 is 0 Å². The lowest BCUT2D eigenvalue weighted by Crippen LogP contribution is -2.07. The summed E-state index contributed by atoms with van der Waals surface area (Å²) in [7, 11) is 1.89. The third kappa shape index (κ3) is 3.19. The predicted molar refractivity (Wildman–Crippen MR) is 68.5 cm³/mol. The zero-order valence-electron chi connectivity index (χ0n) is 9.48. The number of pyridine rings is 1. The van der Waals surface area contributed by atoms with Crippen molar-refractivity contribution in [3.63, 3.8) is 0 Å². The molecule has 4 heteroatoms. The van der Waals surface area contributed by atoms with E-state index in [1.807, 2.05) is 31.3 Å². The van der Waals surface area contributed by atoms with Gasteiger partial charge in [0.1, 0.15) is 5.75 Å². The number of hydrogen-bond acceptors (Lipinski definition) is 3. The summed E-state index contributed by atoms with van der Waals surface area (Å²) in [6.45, 7) is 0.719. The molecule has 0 amide bonds. The molecule has 0 bridgehead atoms. The van der Waals surface area contributed by atoms with E-state index in [1.54, 1.807) is 18.3 Å². The van der Waals surface area contributed by atoms with Gasteiger partial charge in [0.2, 0.25) is 5.88 Å². The van der Waals surface area contributed by atoms with Crippen LogP contribution in [0.15, 0.2) is 42.6 Å². The molecule has 17 heavy (non-hydrogen) atoms. The van der Waals surface area contributed by atoms with E-state index in [2.05, 4.69) is 10.3 Å². The van der Waals surface area contributed by atoms with Gasteiger partial charge in [0, 0.05) is 23.3 Å². The molecule has 1 heterocycles. The first-order valence-corrected chi connectivity index (χ1v) is 5.69. The summed E-state index contributed by atoms with van der Waals surface area (Å²) >= 11 is 5.81. The molecule has 0 saturated heterocycles. The Hall–Kier alpha value is -1.58. The molecule has 3 nitrogen and oxygen atoms in total. The number of ether oxygens (including phenoxy) is 1. The third-order valence-corrected chi connectivity index (χ3v) is 2.50. The molecule has 0 saturated carbocycles. The van der Waals surface area contributed by atoms with Crippen molar-refractivity contribution in [2.45, 2.75) is 6.54 Å². The third-order valence-electron chi connectivity index (χ3n) is 2.25. The summed E-state index contributed by atoms with van der Waals surface area (Å²) in [4.78, 5) is 4.22. The highest BCUT2D eigenvalue weighted by atomic mass is 35.5. The van der Waals surface area contributed by atoms with E-state index >= 15 is 0 Å². The fourth-order valence-electron chi connectivity index (χ4n) is 1.46. The maximum Gasteiger partial charge on any atom is 0.223 e. The minimum Gasteiger partial charge on any atom is -0.439 e. The number of rotatable bonds is 4. The highest BCUT2D eigenvalue weighted by molar-refractivity contribution is 6.30. The van der Waals surface area contributed by atoms with Gasteiger partial charge in [0.25, 0.3) is 0 Å². The van der Waals surface area contributed by atoms with Crippen LogP contribution in [0.25, 0.3) is 0 Å². The first-order valence-electron chi connectivity index (χ1n) is 5.31. The van der Waals surface area contributed by atoms with E-state index in [-0.39, 0.29) is 0 Å². The molecule has 0 aliphatic carbocycles. The standard InChI is InChI=1S/C13H13ClN2O/c1-15-9-10-3-2-8-16-13(10)17-12-6-4-11(14)5-7-12/h2-8,15H,9H2,1H3. The Bertz CT molecular complexity index is 485. The van der Waals surface area contributed by atoms with Crippen LogP contribution >= 0.6 is 11.6 Å². The van der Waals surface area contributed by atoms with Crippen molar-refractivity contribution in [3.05, 3.63) is 53.2 Å². The zero-order chi connectivity index (χ0) is 12.1. The molecule has 0 spiro atoms. The quantitative estimate of drug-likeness (QED) is 0.902. The fraction of sp³-hybridized carbons (Fsp3) is 0.154. The zero-order valence-corrected chi connectivity index (χ0v) is 10.2. The lowest BCUT2D eigenvalue weighted by atomic mass is 10.2. The van der Waals surface area contributed by atoms with Gasteiger partial charge < -0.3 is 10.1 Å². The van der Waals surface area contributed by atoms with Crippen molar-refractivity contribution in [3.8, 4) is 11.6 Å². The lowest BCUT2D eigenvalue weighted by molar-refractivity contribution is 0.454. The molecule has 0 atom stereocenters. The van der Waals surface area contributed by atoms with E-state index in [0.717, 1.165) is 17.9 Å². The minimum absolute atomic E-state index is 0.615. The van der Waals surface area contributed by atoms with Gasteiger partial charge in [-0.05, 0) is 37.4 Å². The Morgan fingerprint density at radius 1 is 1.24 bits per heavy atom. The number of benzene rings is 1. The van der Waals surface area contributed by atoms with Gasteiger partial charge in [-0.25, -0.2) is 4.98 Å². The highest BCUT2D eigenvalue weighted by Crippen LogP contribution is 2.24. The van der Waals surface area contributed by atoms with E-state index in [0.29, 0.717) is 10.9 Å². The molecule has 1 aromatic heterocycles. The van der Waals surface area contributed by atoms with Gasteiger partial charge in [-0.2, -0.15) is 0 Å². The normalized spacial score (nSPS) is 10.2. The maximum atomic E-state index is 5.81. The molecule has 0 radical (unpaired) electrons. The van der Waals surface area contributed by atoms with Crippen molar-refractivity contribution in [2.24, 2.45) is 0 Å². The van der Waals surface area contributed by atoms with Gasteiger partial charge >= 0.3 is 0 Å². The summed E-state index contributed by atoms with van der Waals surface area (Å²) in [5, 5.41) is 3.77. The number of nitrogens with zero attached hydrogens (tertiary/aromatic N) is 1. The predicted octanol–water partition coefficient (Wildman–Crippen LogP) is 3.25. The highest BCUT2D eigenvalue weighted by Gasteiger charge is 2.04. The van der Waals surface area contributed by atoms with Crippen molar-refractivity contribution >= 4 is 11.6 Å². The molecule has 88 valence electrons. The maximum absolute atomic E-state index is 5.81. The monoisotopic (exact) mass is 248 g/mol. The van der Waals surface area contributed by atoms with Crippen LogP contribution in [0.2, 0.25) is 5.02 Å². The Balaban J connectivity index is 2.20. The van der Waals surface area contributed by atoms with Crippen LogP contribution in [0, 0.1) is 0 Å². The van der Waals surface area contributed by atoms with Crippen LogP contribution in [-0.2, 0) is 6.54 Å². The fourth-order valence-corrected chi connectivity index (χ4v) is 1.58. The molecule has 0 unspecified atom stereocenters. The van der Waals surface area contributed by atoms with Gasteiger partial charge in [-0.1, -0.05) is 17.7 Å². The van der Waals surface area contributed by atoms with Gasteiger partial charge in [0.15, 0.2) is 0 Å². The second kappa shape index (κ2) is 5.66. The van der Waals surface area contributed by atoms with Crippen LogP contribution < -0.4 is 10.1 Å². The van der Waals surface area contributed by atoms with Gasteiger partial charge in [0.05, 0.1) is 0 Å². The van der Waals surface area contributed by atoms with E-state index in [4.69, 9.17) is 16.3 Å². The van der Waals surface area contributed by atoms with E-state index in [1.165, 1.54) is 0 Å². The Morgan fingerprint density at radius 2 is 2.00 bits per heavy atom. The van der Waals surface area contributed by atoms with Gasteiger partial charge in [-0.3, -0.25) is 0 Å². The molecule has 0 aliphatic rings. The van der Waals surface area contributed by atoms with Crippen LogP contribution in [0.1, 0.15) is 5.56 Å². The smallest absolute Gasteiger partial charge is 0.223 e. The summed E-state index contributed by atoms with van der Waals surface area (Å²) < 4.78 is 5.71. The molecule has 0 fully saturated rings. The van der Waals surface area contributed by atoms with Crippen molar-refractivity contribution in [1.82, 2.24) is 10.3 Å². The van der Waals surface area contributed by atoms with Crippen LogP contribution in [0.3, 0.4) is 0 Å². The summed E-state index contributed by atoms with van der Waals surface area (Å²) in [5.74, 6) is 1.34. The number of nitrogens with one attached hydrogen (secondary N) is 1. The van der Waals surface area contributed by atoms with Crippen molar-refractivity contribution in [2.75, 3.05) is 7.05 Å². The summed E-state index contributed by atoms with van der Waals surface area (Å²) in [6, 6.07) is 11.1. The Morgan fingerprint density at radius 3 is 2.71 bits per heavy atom. The van der Waals surface area contributed by atoms with Crippen LogP contribution in [0.4, 0.5) is 0 Å². The first kappa shape index (κ1) is 11.9. The van der Waals surface area contributed by atoms with Crippen LogP contribution in [0.5, 0.6) is 11.6 Å². The average Bonchev–Trinajstić information content (AvgIpc) is 2.35. The summed E-state index contributed by atoms with van der Waals surface area (Å²) in [6.07, 6.45) is 1.71. The number of aromatic nitrogens is 1. The molecule has 2 aromatic rings. The topological polar surface area (TPSA) is 34.2 Å². The molecular weight excluding hydrogens is 236 g/mol. The molecule has 1 N–H and O–H groups in total. The van der Waals surface area contributed by atoms with E-state index in [9.17, 15) is 0 Å². The molecule has 2 rings (SSSR count). The SMILES string of the molecule is CNCc1cccnc1Oc1ccc(Cl)cc1. The number of hydrogen-bond donors (Lipinski definition) is 1. The molecular formula is C13H13ClN2O. The van der Waals surface area contributed by atoms with Crippen molar-refractivity contribution < 1.29 is 4.74 Å². The molecule has 1 aromatic carbocycles. The Labute approximate surface area is 105 Å². The number of halogens is 1.